The summed E-state index contributed by atoms with van der Waals surface area (Å²) in [6.45, 7) is 5.37. The lowest BCUT2D eigenvalue weighted by Crippen LogP contribution is -2.41. The number of anilines is 1. The second-order valence-electron chi connectivity index (χ2n) is 5.02. The Labute approximate surface area is 133 Å². The predicted octanol–water partition coefficient (Wildman–Crippen LogP) is 1.83. The summed E-state index contributed by atoms with van der Waals surface area (Å²) in [5.41, 5.74) is 0. The van der Waals surface area contributed by atoms with Crippen molar-refractivity contribution in [1.82, 2.24) is 14.5 Å². The van der Waals surface area contributed by atoms with Crippen LogP contribution in [0.3, 0.4) is 0 Å². The Morgan fingerprint density at radius 1 is 1.32 bits per heavy atom. The van der Waals surface area contributed by atoms with Gasteiger partial charge < -0.3 is 5.32 Å². The number of carbonyl (C=O) groups is 1. The standard InChI is InChI=1S/C13H18N4O3S2/c1-9(2)17-11(6-7-14-17)15-13(18)10(3)16-22(19,20)12-5-4-8-21-12/h4-10,16H,1-3H3,(H,15,18). The predicted molar refractivity (Wildman–Crippen MR) is 85.3 cm³/mol. The van der Waals surface area contributed by atoms with E-state index >= 15 is 0 Å². The summed E-state index contributed by atoms with van der Waals surface area (Å²) in [7, 11) is -3.68. The van der Waals surface area contributed by atoms with Gasteiger partial charge in [0.2, 0.25) is 5.91 Å². The summed E-state index contributed by atoms with van der Waals surface area (Å²) < 4.78 is 28.4. The van der Waals surface area contributed by atoms with Gasteiger partial charge in [0.25, 0.3) is 10.0 Å². The topological polar surface area (TPSA) is 93.1 Å². The van der Waals surface area contributed by atoms with E-state index in [1.807, 2.05) is 13.8 Å². The van der Waals surface area contributed by atoms with E-state index in [-0.39, 0.29) is 10.3 Å². The van der Waals surface area contributed by atoms with Crippen LogP contribution in [-0.2, 0) is 14.8 Å². The quantitative estimate of drug-likeness (QED) is 0.837. The maximum Gasteiger partial charge on any atom is 0.250 e. The molecule has 2 rings (SSSR count). The molecule has 0 aromatic carbocycles. The van der Waals surface area contributed by atoms with Gasteiger partial charge in [-0.25, -0.2) is 13.1 Å². The lowest BCUT2D eigenvalue weighted by atomic mass is 10.3. The third-order valence-electron chi connectivity index (χ3n) is 2.90. The van der Waals surface area contributed by atoms with Gasteiger partial charge in [-0.05, 0) is 32.2 Å². The van der Waals surface area contributed by atoms with Crippen molar-refractivity contribution in [3.8, 4) is 0 Å². The van der Waals surface area contributed by atoms with Crippen LogP contribution >= 0.6 is 11.3 Å². The highest BCUT2D eigenvalue weighted by atomic mass is 32.2. The molecule has 0 aliphatic carbocycles. The Kier molecular flexibility index (Phi) is 4.99. The van der Waals surface area contributed by atoms with Gasteiger partial charge in [-0.15, -0.1) is 11.3 Å². The number of aromatic nitrogens is 2. The van der Waals surface area contributed by atoms with Gasteiger partial charge in [0, 0.05) is 12.1 Å². The van der Waals surface area contributed by atoms with E-state index < -0.39 is 22.0 Å². The third kappa shape index (κ3) is 3.73. The summed E-state index contributed by atoms with van der Waals surface area (Å²) in [5, 5.41) is 8.45. The normalized spacial score (nSPS) is 13.3. The Morgan fingerprint density at radius 3 is 2.64 bits per heavy atom. The summed E-state index contributed by atoms with van der Waals surface area (Å²) in [4.78, 5) is 12.2. The fraction of sp³-hybridized carbons (Fsp3) is 0.385. The molecule has 2 heterocycles. The van der Waals surface area contributed by atoms with Crippen LogP contribution < -0.4 is 10.0 Å². The molecule has 2 aromatic heterocycles. The molecular formula is C13H18N4O3S2. The molecule has 1 atom stereocenters. The van der Waals surface area contributed by atoms with Crippen molar-refractivity contribution in [2.45, 2.75) is 37.1 Å². The van der Waals surface area contributed by atoms with Crippen molar-refractivity contribution in [2.24, 2.45) is 0 Å². The van der Waals surface area contributed by atoms with Crippen molar-refractivity contribution in [3.63, 3.8) is 0 Å². The van der Waals surface area contributed by atoms with Crippen LogP contribution in [0.25, 0.3) is 0 Å². The smallest absolute Gasteiger partial charge is 0.250 e. The van der Waals surface area contributed by atoms with Crippen molar-refractivity contribution in [3.05, 3.63) is 29.8 Å². The number of nitrogens with one attached hydrogen (secondary N) is 2. The van der Waals surface area contributed by atoms with Gasteiger partial charge in [0.05, 0.1) is 12.2 Å². The van der Waals surface area contributed by atoms with Crippen LogP contribution in [0.15, 0.2) is 34.0 Å². The van der Waals surface area contributed by atoms with Crippen LogP contribution in [0.2, 0.25) is 0 Å². The molecule has 0 aliphatic heterocycles. The molecule has 7 nitrogen and oxygen atoms in total. The van der Waals surface area contributed by atoms with Gasteiger partial charge in [0.1, 0.15) is 10.0 Å². The molecule has 2 N–H and O–H groups in total. The van der Waals surface area contributed by atoms with Crippen LogP contribution in [0.4, 0.5) is 5.82 Å². The van der Waals surface area contributed by atoms with Crippen molar-refractivity contribution in [1.29, 1.82) is 0 Å². The maximum absolute atomic E-state index is 12.2. The first-order valence-electron chi connectivity index (χ1n) is 6.71. The SMILES string of the molecule is CC(NS(=O)(=O)c1cccs1)C(=O)Nc1ccnn1C(C)C. The number of hydrogen-bond acceptors (Lipinski definition) is 5. The van der Waals surface area contributed by atoms with Crippen LogP contribution in [0, 0.1) is 0 Å². The molecular weight excluding hydrogens is 324 g/mol. The molecule has 0 fully saturated rings. The largest absolute Gasteiger partial charge is 0.310 e. The van der Waals surface area contributed by atoms with E-state index in [0.717, 1.165) is 11.3 Å². The van der Waals surface area contributed by atoms with Crippen molar-refractivity contribution >= 4 is 33.1 Å². The van der Waals surface area contributed by atoms with E-state index in [4.69, 9.17) is 0 Å². The first-order valence-corrected chi connectivity index (χ1v) is 9.08. The molecule has 0 radical (unpaired) electrons. The highest BCUT2D eigenvalue weighted by Gasteiger charge is 2.23. The van der Waals surface area contributed by atoms with Crippen molar-refractivity contribution < 1.29 is 13.2 Å². The second-order valence-corrected chi connectivity index (χ2v) is 7.91. The number of sulfonamides is 1. The third-order valence-corrected chi connectivity index (χ3v) is 5.83. The zero-order valence-electron chi connectivity index (χ0n) is 12.5. The van der Waals surface area contributed by atoms with Gasteiger partial charge >= 0.3 is 0 Å². The molecule has 120 valence electrons. The first kappa shape index (κ1) is 16.7. The zero-order chi connectivity index (χ0) is 16.3. The number of nitrogens with zero attached hydrogens (tertiary/aromatic N) is 2. The average molecular weight is 342 g/mol. The minimum atomic E-state index is -3.68. The maximum atomic E-state index is 12.2. The molecule has 0 saturated carbocycles. The zero-order valence-corrected chi connectivity index (χ0v) is 14.1. The molecule has 0 aliphatic rings. The van der Waals surface area contributed by atoms with Gasteiger partial charge in [-0.3, -0.25) is 4.79 Å². The monoisotopic (exact) mass is 342 g/mol. The van der Waals surface area contributed by atoms with Gasteiger partial charge in [-0.2, -0.15) is 9.82 Å². The fourth-order valence-corrected chi connectivity index (χ4v) is 4.03. The number of carbonyl (C=O) groups excluding carboxylic acids is 1. The second kappa shape index (κ2) is 6.59. The number of thiophene rings is 1. The molecule has 0 saturated heterocycles. The minimum Gasteiger partial charge on any atom is -0.310 e. The fourth-order valence-electron chi connectivity index (χ4n) is 1.82. The molecule has 0 spiro atoms. The Morgan fingerprint density at radius 2 is 2.05 bits per heavy atom. The molecule has 2 aromatic rings. The first-order chi connectivity index (χ1) is 10.3. The lowest BCUT2D eigenvalue weighted by Gasteiger charge is -2.16. The summed E-state index contributed by atoms with van der Waals surface area (Å²) in [6, 6.07) is 3.99. The van der Waals surface area contributed by atoms with E-state index in [0.29, 0.717) is 5.82 Å². The van der Waals surface area contributed by atoms with E-state index in [2.05, 4.69) is 15.1 Å². The van der Waals surface area contributed by atoms with Gasteiger partial charge in [0.15, 0.2) is 0 Å². The Balaban J connectivity index is 2.05. The number of amides is 1. The highest BCUT2D eigenvalue weighted by molar-refractivity contribution is 7.91. The lowest BCUT2D eigenvalue weighted by molar-refractivity contribution is -0.117. The molecule has 9 heteroatoms. The van der Waals surface area contributed by atoms with Crippen LogP contribution in [0.1, 0.15) is 26.8 Å². The minimum absolute atomic E-state index is 0.0865. The van der Waals surface area contributed by atoms with Crippen molar-refractivity contribution in [2.75, 3.05) is 5.32 Å². The van der Waals surface area contributed by atoms with Crippen LogP contribution in [-0.4, -0.2) is 30.1 Å². The Hall–Kier alpha value is -1.71. The number of hydrogen-bond donors (Lipinski definition) is 2. The number of rotatable bonds is 6. The molecule has 0 bridgehead atoms. The molecule has 1 unspecified atom stereocenters. The molecule has 1 amide bonds. The average Bonchev–Trinajstić information content (AvgIpc) is 3.09. The van der Waals surface area contributed by atoms with E-state index in [1.165, 1.54) is 13.0 Å². The van der Waals surface area contributed by atoms with Crippen LogP contribution in [0.5, 0.6) is 0 Å². The summed E-state index contributed by atoms with van der Waals surface area (Å²) >= 11 is 1.10. The van der Waals surface area contributed by atoms with E-state index in [9.17, 15) is 13.2 Å². The summed E-state index contributed by atoms with van der Waals surface area (Å²) in [6.07, 6.45) is 1.58. The highest BCUT2D eigenvalue weighted by Crippen LogP contribution is 2.16. The van der Waals surface area contributed by atoms with Gasteiger partial charge in [-0.1, -0.05) is 6.07 Å². The molecule has 22 heavy (non-hydrogen) atoms. The Bertz CT molecular complexity index is 735. The van der Waals surface area contributed by atoms with E-state index in [1.54, 1.807) is 28.4 Å². The summed E-state index contributed by atoms with van der Waals surface area (Å²) in [5.74, 6) is 0.0877.